The molecular formula is C18H23N3O. The average molecular weight is 297 g/mol. The average Bonchev–Trinajstić information content (AvgIpc) is 3.30. The highest BCUT2D eigenvalue weighted by molar-refractivity contribution is 5.83. The summed E-state index contributed by atoms with van der Waals surface area (Å²) in [7, 11) is 1.98. The van der Waals surface area contributed by atoms with E-state index in [1.54, 1.807) is 0 Å². The Kier molecular flexibility index (Phi) is 4.27. The van der Waals surface area contributed by atoms with Crippen molar-refractivity contribution < 1.29 is 4.79 Å². The topological polar surface area (TPSA) is 46.9 Å². The van der Waals surface area contributed by atoms with E-state index in [9.17, 15) is 4.79 Å². The summed E-state index contributed by atoms with van der Waals surface area (Å²) in [4.78, 5) is 12.4. The standard InChI is InChI=1S/C18H23N3O/c1-3-16(13-7-5-4-6-8-13)18(22)19-12-15-11-17(14-9-10-14)21(2)20-15/h4-8,11,14,16H,3,9-10,12H2,1-2H3,(H,19,22)/t16-/m1/s1. The summed E-state index contributed by atoms with van der Waals surface area (Å²) >= 11 is 0. The van der Waals surface area contributed by atoms with Gasteiger partial charge in [0.2, 0.25) is 5.91 Å². The Morgan fingerprint density at radius 3 is 2.73 bits per heavy atom. The van der Waals surface area contributed by atoms with Crippen LogP contribution in [0.5, 0.6) is 0 Å². The first-order valence-electron chi connectivity index (χ1n) is 8.04. The molecule has 0 aliphatic heterocycles. The Morgan fingerprint density at radius 2 is 2.09 bits per heavy atom. The predicted molar refractivity (Wildman–Crippen MR) is 86.5 cm³/mol. The number of nitrogens with zero attached hydrogens (tertiary/aromatic N) is 2. The Balaban J connectivity index is 1.62. The molecule has 1 heterocycles. The number of benzene rings is 1. The van der Waals surface area contributed by atoms with Gasteiger partial charge in [-0.25, -0.2) is 0 Å². The number of rotatable bonds is 6. The van der Waals surface area contributed by atoms with Crippen molar-refractivity contribution in [3.05, 3.63) is 53.3 Å². The van der Waals surface area contributed by atoms with Crippen LogP contribution in [-0.2, 0) is 18.4 Å². The minimum Gasteiger partial charge on any atom is -0.350 e. The van der Waals surface area contributed by atoms with E-state index in [-0.39, 0.29) is 11.8 Å². The summed E-state index contributed by atoms with van der Waals surface area (Å²) in [6.45, 7) is 2.55. The highest BCUT2D eigenvalue weighted by atomic mass is 16.1. The third-order valence-electron chi connectivity index (χ3n) is 4.33. The number of carbonyl (C=O) groups excluding carboxylic acids is 1. The molecule has 3 rings (SSSR count). The number of hydrogen-bond donors (Lipinski definition) is 1. The molecule has 1 aliphatic rings. The molecule has 4 heteroatoms. The quantitative estimate of drug-likeness (QED) is 0.890. The van der Waals surface area contributed by atoms with Crippen molar-refractivity contribution in [2.45, 2.75) is 44.6 Å². The largest absolute Gasteiger partial charge is 0.350 e. The molecule has 116 valence electrons. The Morgan fingerprint density at radius 1 is 1.36 bits per heavy atom. The second kappa shape index (κ2) is 6.34. The van der Waals surface area contributed by atoms with E-state index in [1.807, 2.05) is 49.0 Å². The molecule has 2 aromatic rings. The Labute approximate surface area is 131 Å². The normalized spacial score (nSPS) is 15.5. The van der Waals surface area contributed by atoms with Crippen molar-refractivity contribution in [2.24, 2.45) is 7.05 Å². The van der Waals surface area contributed by atoms with Crippen LogP contribution >= 0.6 is 0 Å². The van der Waals surface area contributed by atoms with Gasteiger partial charge in [0, 0.05) is 18.7 Å². The smallest absolute Gasteiger partial charge is 0.227 e. The first kappa shape index (κ1) is 14.8. The van der Waals surface area contributed by atoms with Crippen molar-refractivity contribution in [3.8, 4) is 0 Å². The molecule has 0 spiro atoms. The third kappa shape index (κ3) is 3.21. The van der Waals surface area contributed by atoms with Gasteiger partial charge < -0.3 is 5.32 Å². The van der Waals surface area contributed by atoms with E-state index < -0.39 is 0 Å². The lowest BCUT2D eigenvalue weighted by Crippen LogP contribution is -2.28. The maximum absolute atomic E-state index is 12.4. The maximum atomic E-state index is 12.4. The molecule has 1 N–H and O–H groups in total. The number of aryl methyl sites for hydroxylation is 1. The molecule has 22 heavy (non-hydrogen) atoms. The van der Waals surface area contributed by atoms with Gasteiger partial charge in [-0.15, -0.1) is 0 Å². The summed E-state index contributed by atoms with van der Waals surface area (Å²) in [5.41, 5.74) is 3.31. The van der Waals surface area contributed by atoms with E-state index in [4.69, 9.17) is 0 Å². The summed E-state index contributed by atoms with van der Waals surface area (Å²) < 4.78 is 1.95. The van der Waals surface area contributed by atoms with Gasteiger partial charge in [-0.1, -0.05) is 37.3 Å². The van der Waals surface area contributed by atoms with Gasteiger partial charge >= 0.3 is 0 Å². The molecular weight excluding hydrogens is 274 g/mol. The maximum Gasteiger partial charge on any atom is 0.227 e. The van der Waals surface area contributed by atoms with Crippen LogP contribution in [0.1, 0.15) is 55.0 Å². The molecule has 1 fully saturated rings. The number of amides is 1. The Hall–Kier alpha value is -2.10. The summed E-state index contributed by atoms with van der Waals surface area (Å²) in [6.07, 6.45) is 3.32. The SMILES string of the molecule is CC[C@@H](C(=O)NCc1cc(C2CC2)n(C)n1)c1ccccc1. The summed E-state index contributed by atoms with van der Waals surface area (Å²) in [5, 5.41) is 7.54. The number of nitrogens with one attached hydrogen (secondary N) is 1. The molecule has 1 aromatic heterocycles. The zero-order chi connectivity index (χ0) is 15.5. The number of hydrogen-bond acceptors (Lipinski definition) is 2. The van der Waals surface area contributed by atoms with Crippen molar-refractivity contribution in [1.29, 1.82) is 0 Å². The molecule has 0 saturated heterocycles. The molecule has 0 unspecified atom stereocenters. The second-order valence-corrected chi connectivity index (χ2v) is 6.05. The van der Waals surface area contributed by atoms with Crippen LogP contribution in [0, 0.1) is 0 Å². The zero-order valence-corrected chi connectivity index (χ0v) is 13.2. The van der Waals surface area contributed by atoms with Crippen LogP contribution < -0.4 is 5.32 Å². The van der Waals surface area contributed by atoms with Gasteiger partial charge in [0.15, 0.2) is 0 Å². The van der Waals surface area contributed by atoms with Gasteiger partial charge in [-0.3, -0.25) is 9.48 Å². The predicted octanol–water partition coefficient (Wildman–Crippen LogP) is 3.11. The van der Waals surface area contributed by atoms with Gasteiger partial charge in [0.25, 0.3) is 0 Å². The van der Waals surface area contributed by atoms with Crippen molar-refractivity contribution in [1.82, 2.24) is 15.1 Å². The van der Waals surface area contributed by atoms with Crippen LogP contribution in [0.2, 0.25) is 0 Å². The Bertz CT molecular complexity index is 644. The van der Waals surface area contributed by atoms with Gasteiger partial charge in [0.05, 0.1) is 18.2 Å². The lowest BCUT2D eigenvalue weighted by atomic mass is 9.96. The van der Waals surface area contributed by atoms with Gasteiger partial charge in [-0.05, 0) is 30.9 Å². The molecule has 1 aliphatic carbocycles. The van der Waals surface area contributed by atoms with E-state index in [0.717, 1.165) is 17.7 Å². The number of aromatic nitrogens is 2. The third-order valence-corrected chi connectivity index (χ3v) is 4.33. The second-order valence-electron chi connectivity index (χ2n) is 6.05. The summed E-state index contributed by atoms with van der Waals surface area (Å²) in [5.74, 6) is 0.662. The van der Waals surface area contributed by atoms with E-state index in [1.165, 1.54) is 18.5 Å². The zero-order valence-electron chi connectivity index (χ0n) is 13.2. The van der Waals surface area contributed by atoms with Gasteiger partial charge in [-0.2, -0.15) is 5.10 Å². The number of carbonyl (C=O) groups is 1. The van der Waals surface area contributed by atoms with Crippen LogP contribution in [-0.4, -0.2) is 15.7 Å². The molecule has 4 nitrogen and oxygen atoms in total. The van der Waals surface area contributed by atoms with E-state index in [2.05, 4.69) is 16.5 Å². The van der Waals surface area contributed by atoms with E-state index >= 15 is 0 Å². The van der Waals surface area contributed by atoms with Crippen molar-refractivity contribution in [2.75, 3.05) is 0 Å². The minimum atomic E-state index is -0.0900. The lowest BCUT2D eigenvalue weighted by molar-refractivity contribution is -0.122. The van der Waals surface area contributed by atoms with Crippen molar-refractivity contribution >= 4 is 5.91 Å². The first-order valence-corrected chi connectivity index (χ1v) is 8.04. The van der Waals surface area contributed by atoms with Gasteiger partial charge in [0.1, 0.15) is 0 Å². The lowest BCUT2D eigenvalue weighted by Gasteiger charge is -2.14. The van der Waals surface area contributed by atoms with Crippen LogP contribution in [0.25, 0.3) is 0 Å². The minimum absolute atomic E-state index is 0.0762. The molecule has 0 bridgehead atoms. The summed E-state index contributed by atoms with van der Waals surface area (Å²) in [6, 6.07) is 12.1. The molecule has 1 aromatic carbocycles. The highest BCUT2D eigenvalue weighted by Gasteiger charge is 2.27. The highest BCUT2D eigenvalue weighted by Crippen LogP contribution is 2.39. The molecule has 1 amide bonds. The first-order chi connectivity index (χ1) is 10.7. The molecule has 0 radical (unpaired) electrons. The van der Waals surface area contributed by atoms with Crippen LogP contribution in [0.15, 0.2) is 36.4 Å². The fourth-order valence-electron chi connectivity index (χ4n) is 2.95. The van der Waals surface area contributed by atoms with E-state index in [0.29, 0.717) is 12.5 Å². The van der Waals surface area contributed by atoms with Crippen molar-refractivity contribution in [3.63, 3.8) is 0 Å². The monoisotopic (exact) mass is 297 g/mol. The molecule has 1 atom stereocenters. The fourth-order valence-corrected chi connectivity index (χ4v) is 2.95. The molecule has 1 saturated carbocycles. The van der Waals surface area contributed by atoms with Crippen LogP contribution in [0.3, 0.4) is 0 Å². The van der Waals surface area contributed by atoms with Crippen LogP contribution in [0.4, 0.5) is 0 Å². The fraction of sp³-hybridized carbons (Fsp3) is 0.444.